The molecule has 1 nitrogen and oxygen atoms in total. The maximum Gasteiger partial charge on any atom is 0.150 e. The molecule has 1 aromatic rings. The van der Waals surface area contributed by atoms with Gasteiger partial charge >= 0.3 is 0 Å². The van der Waals surface area contributed by atoms with Crippen molar-refractivity contribution < 1.29 is 4.79 Å². The Hall–Kier alpha value is -1.11. The lowest BCUT2D eigenvalue weighted by atomic mass is 10.1. The van der Waals surface area contributed by atoms with Crippen molar-refractivity contribution >= 4 is 6.29 Å². The Balaban J connectivity index is -0.000000138. The van der Waals surface area contributed by atoms with Crippen LogP contribution in [-0.2, 0) is 0 Å². The third-order valence-electron chi connectivity index (χ3n) is 3.14. The smallest absolute Gasteiger partial charge is 0.150 e. The molecule has 1 aromatic carbocycles. The van der Waals surface area contributed by atoms with Crippen molar-refractivity contribution in [2.75, 3.05) is 0 Å². The van der Waals surface area contributed by atoms with Crippen molar-refractivity contribution in [2.24, 2.45) is 0 Å². The number of aldehydes is 1. The first-order valence-corrected chi connectivity index (χ1v) is 10.8. The van der Waals surface area contributed by atoms with Crippen molar-refractivity contribution in [1.29, 1.82) is 0 Å². The summed E-state index contributed by atoms with van der Waals surface area (Å²) in [6, 6.07) is 9.10. The van der Waals surface area contributed by atoms with Crippen molar-refractivity contribution in [1.82, 2.24) is 0 Å². The van der Waals surface area contributed by atoms with E-state index in [1.807, 2.05) is 59.7 Å². The van der Waals surface area contributed by atoms with Crippen LogP contribution in [0.5, 0.6) is 0 Å². The van der Waals surface area contributed by atoms with Crippen LogP contribution in [0.4, 0.5) is 0 Å². The summed E-state index contributed by atoms with van der Waals surface area (Å²) in [5.41, 5.74) is 0.729. The zero-order valence-corrected chi connectivity index (χ0v) is 18.7. The Morgan fingerprint density at radius 2 is 0.920 bits per heavy atom. The summed E-state index contributed by atoms with van der Waals surface area (Å²) in [7, 11) is 0. The van der Waals surface area contributed by atoms with Gasteiger partial charge in [-0.15, -0.1) is 0 Å². The van der Waals surface area contributed by atoms with Crippen LogP contribution in [0.25, 0.3) is 0 Å². The van der Waals surface area contributed by atoms with Crippen LogP contribution in [0.15, 0.2) is 30.3 Å². The summed E-state index contributed by atoms with van der Waals surface area (Å²) >= 11 is 0. The molecule has 0 radical (unpaired) electrons. The molecule has 0 aliphatic heterocycles. The largest absolute Gasteiger partial charge is 0.298 e. The SMILES string of the molecule is CC.CC.CC.CCCCCCCCCCC.O=Cc1ccccc1. The number of rotatable bonds is 9. The normalized spacial score (nSPS) is 8.00. The summed E-state index contributed by atoms with van der Waals surface area (Å²) < 4.78 is 0. The maximum absolute atomic E-state index is 10.0. The van der Waals surface area contributed by atoms with E-state index in [9.17, 15) is 4.79 Å². The van der Waals surface area contributed by atoms with Gasteiger partial charge in [-0.05, 0) is 0 Å². The minimum atomic E-state index is 0.729. The molecular formula is C24H48O. The zero-order valence-electron chi connectivity index (χ0n) is 18.7. The molecular weight excluding hydrogens is 304 g/mol. The molecule has 1 heteroatoms. The van der Waals surface area contributed by atoms with Crippen LogP contribution in [0.1, 0.15) is 124 Å². The van der Waals surface area contributed by atoms with Gasteiger partial charge in [-0.3, -0.25) is 4.79 Å². The van der Waals surface area contributed by atoms with Gasteiger partial charge in [0, 0.05) is 5.56 Å². The van der Waals surface area contributed by atoms with Crippen LogP contribution in [0.3, 0.4) is 0 Å². The first kappa shape index (κ1) is 31.6. The van der Waals surface area contributed by atoms with Gasteiger partial charge in [0.25, 0.3) is 0 Å². The third-order valence-corrected chi connectivity index (χ3v) is 3.14. The first-order chi connectivity index (χ1) is 12.3. The van der Waals surface area contributed by atoms with E-state index in [-0.39, 0.29) is 0 Å². The Labute approximate surface area is 160 Å². The second-order valence-electron chi connectivity index (χ2n) is 5.00. The molecule has 0 heterocycles. The second-order valence-corrected chi connectivity index (χ2v) is 5.00. The summed E-state index contributed by atoms with van der Waals surface area (Å²) in [5.74, 6) is 0. The van der Waals surface area contributed by atoms with Crippen LogP contribution in [0.2, 0.25) is 0 Å². The predicted molar refractivity (Wildman–Crippen MR) is 119 cm³/mol. The van der Waals surface area contributed by atoms with Gasteiger partial charge in [0.2, 0.25) is 0 Å². The van der Waals surface area contributed by atoms with Gasteiger partial charge in [0.15, 0.2) is 0 Å². The molecule has 150 valence electrons. The standard InChI is InChI=1S/C11H24.C7H6O.3C2H6/c1-3-5-7-9-11-10-8-6-4-2;8-6-7-4-2-1-3-5-7;3*1-2/h3-11H2,1-2H3;1-6H;3*1-2H3. The molecule has 0 aromatic heterocycles. The van der Waals surface area contributed by atoms with E-state index in [0.717, 1.165) is 11.8 Å². The van der Waals surface area contributed by atoms with Gasteiger partial charge < -0.3 is 0 Å². The lowest BCUT2D eigenvalue weighted by Crippen LogP contribution is -1.79. The van der Waals surface area contributed by atoms with E-state index in [4.69, 9.17) is 0 Å². The van der Waals surface area contributed by atoms with Crippen LogP contribution in [-0.4, -0.2) is 6.29 Å². The Bertz CT molecular complexity index is 271. The Morgan fingerprint density at radius 3 is 1.16 bits per heavy atom. The molecule has 0 atom stereocenters. The minimum Gasteiger partial charge on any atom is -0.298 e. The molecule has 0 saturated carbocycles. The maximum atomic E-state index is 10.0. The molecule has 0 saturated heterocycles. The van der Waals surface area contributed by atoms with E-state index < -0.39 is 0 Å². The van der Waals surface area contributed by atoms with E-state index in [1.54, 1.807) is 12.1 Å². The fourth-order valence-corrected chi connectivity index (χ4v) is 1.92. The number of hydrogen-bond donors (Lipinski definition) is 0. The van der Waals surface area contributed by atoms with Gasteiger partial charge in [-0.2, -0.15) is 0 Å². The summed E-state index contributed by atoms with van der Waals surface area (Å²) in [5, 5.41) is 0. The molecule has 0 unspecified atom stereocenters. The highest BCUT2D eigenvalue weighted by Gasteiger charge is 1.89. The van der Waals surface area contributed by atoms with Crippen molar-refractivity contribution in [2.45, 2.75) is 113 Å². The lowest BCUT2D eigenvalue weighted by molar-refractivity contribution is 0.112. The average Bonchev–Trinajstić information content (AvgIpc) is 2.73. The van der Waals surface area contributed by atoms with Crippen molar-refractivity contribution in [3.63, 3.8) is 0 Å². The van der Waals surface area contributed by atoms with Gasteiger partial charge in [0.05, 0.1) is 0 Å². The summed E-state index contributed by atoms with van der Waals surface area (Å²) in [6.45, 7) is 16.5. The zero-order chi connectivity index (χ0) is 20.2. The van der Waals surface area contributed by atoms with E-state index in [2.05, 4.69) is 13.8 Å². The molecule has 0 fully saturated rings. The van der Waals surface area contributed by atoms with Gasteiger partial charge in [0.1, 0.15) is 6.29 Å². The number of hydrogen-bond acceptors (Lipinski definition) is 1. The highest BCUT2D eigenvalue weighted by molar-refractivity contribution is 5.74. The monoisotopic (exact) mass is 352 g/mol. The predicted octanol–water partition coefficient (Wildman–Crippen LogP) is 9.11. The molecule has 0 spiro atoms. The van der Waals surface area contributed by atoms with Crippen molar-refractivity contribution in [3.8, 4) is 0 Å². The molecule has 0 aliphatic carbocycles. The fraction of sp³-hybridized carbons (Fsp3) is 0.708. The highest BCUT2D eigenvalue weighted by atomic mass is 16.1. The summed E-state index contributed by atoms with van der Waals surface area (Å²) in [4.78, 5) is 10.0. The summed E-state index contributed by atoms with van der Waals surface area (Å²) in [6.07, 6.45) is 13.8. The minimum absolute atomic E-state index is 0.729. The highest BCUT2D eigenvalue weighted by Crippen LogP contribution is 2.08. The number of carbonyl (C=O) groups excluding carboxylic acids is 1. The number of unbranched alkanes of at least 4 members (excludes halogenated alkanes) is 8. The fourth-order valence-electron chi connectivity index (χ4n) is 1.92. The lowest BCUT2D eigenvalue weighted by Gasteiger charge is -1.98. The molecule has 0 bridgehead atoms. The topological polar surface area (TPSA) is 17.1 Å². The quantitative estimate of drug-likeness (QED) is 0.320. The number of carbonyl (C=O) groups is 1. The molecule has 0 aliphatic rings. The number of benzene rings is 1. The van der Waals surface area contributed by atoms with Gasteiger partial charge in [-0.25, -0.2) is 0 Å². The van der Waals surface area contributed by atoms with Crippen LogP contribution in [0, 0.1) is 0 Å². The van der Waals surface area contributed by atoms with E-state index in [1.165, 1.54) is 57.8 Å². The molecule has 1 rings (SSSR count). The van der Waals surface area contributed by atoms with Crippen molar-refractivity contribution in [3.05, 3.63) is 35.9 Å². The van der Waals surface area contributed by atoms with Gasteiger partial charge in [-0.1, -0.05) is 144 Å². The second kappa shape index (κ2) is 38.4. The Morgan fingerprint density at radius 1 is 0.600 bits per heavy atom. The first-order valence-electron chi connectivity index (χ1n) is 10.8. The van der Waals surface area contributed by atoms with Crippen LogP contribution < -0.4 is 0 Å². The Kier molecular flexibility index (Phi) is 48.7. The molecule has 0 amide bonds. The van der Waals surface area contributed by atoms with E-state index in [0.29, 0.717) is 0 Å². The molecule has 0 N–H and O–H groups in total. The van der Waals surface area contributed by atoms with E-state index >= 15 is 0 Å². The third kappa shape index (κ3) is 35.0. The molecule has 25 heavy (non-hydrogen) atoms. The average molecular weight is 353 g/mol. The van der Waals surface area contributed by atoms with Crippen LogP contribution >= 0.6 is 0 Å².